The van der Waals surface area contributed by atoms with Crippen molar-refractivity contribution in [2.24, 2.45) is 5.92 Å². The molecule has 1 heterocycles. The van der Waals surface area contributed by atoms with Crippen molar-refractivity contribution in [3.8, 4) is 5.75 Å². The van der Waals surface area contributed by atoms with Gasteiger partial charge in [0.25, 0.3) is 0 Å². The van der Waals surface area contributed by atoms with E-state index in [2.05, 4.69) is 9.47 Å². The molecule has 0 amide bonds. The van der Waals surface area contributed by atoms with Gasteiger partial charge in [0.15, 0.2) is 9.84 Å². The second-order valence-electron chi connectivity index (χ2n) is 5.33. The minimum absolute atomic E-state index is 0.0107. The Balaban J connectivity index is 2.17. The highest BCUT2D eigenvalue weighted by molar-refractivity contribution is 7.94. The summed E-state index contributed by atoms with van der Waals surface area (Å²) in [6, 6.07) is 3.75. The lowest BCUT2D eigenvalue weighted by atomic mass is 10.1. The number of sulfone groups is 1. The van der Waals surface area contributed by atoms with Gasteiger partial charge in [0.2, 0.25) is 0 Å². The van der Waals surface area contributed by atoms with Gasteiger partial charge in [-0.2, -0.15) is 0 Å². The van der Waals surface area contributed by atoms with Crippen LogP contribution < -0.4 is 4.74 Å². The highest BCUT2D eigenvalue weighted by Gasteiger charge is 2.25. The van der Waals surface area contributed by atoms with E-state index in [0.717, 1.165) is 5.41 Å². The molecule has 2 rings (SSSR count). The highest BCUT2D eigenvalue weighted by atomic mass is 32.2. The summed E-state index contributed by atoms with van der Waals surface area (Å²) in [7, 11) is -0.923. The molecule has 8 nitrogen and oxygen atoms in total. The number of benzene rings is 1. The zero-order valence-electron chi connectivity index (χ0n) is 13.6. The van der Waals surface area contributed by atoms with Gasteiger partial charge in [-0.05, 0) is 18.2 Å². The Bertz CT molecular complexity index is 803. The Morgan fingerprint density at radius 3 is 2.04 bits per heavy atom. The minimum Gasteiger partial charge on any atom is -0.465 e. The van der Waals surface area contributed by atoms with Crippen LogP contribution >= 0.6 is 0 Å². The number of esters is 3. The lowest BCUT2D eigenvalue weighted by Gasteiger charge is -2.10. The Hall–Kier alpha value is -2.68. The molecule has 1 aromatic carbocycles. The van der Waals surface area contributed by atoms with Crippen LogP contribution in [-0.4, -0.2) is 46.3 Å². The SMILES string of the molecule is COC(=O)c1cc(OC(=O)C[C@@H]2C=CS(=O)(=O)C2)cc(C(=O)OC)c1. The quantitative estimate of drug-likeness (QED) is 0.561. The second kappa shape index (κ2) is 7.47. The van der Waals surface area contributed by atoms with Gasteiger partial charge in [-0.25, -0.2) is 18.0 Å². The molecule has 0 spiro atoms. The highest BCUT2D eigenvalue weighted by Crippen LogP contribution is 2.22. The van der Waals surface area contributed by atoms with Gasteiger partial charge >= 0.3 is 17.9 Å². The van der Waals surface area contributed by atoms with Crippen LogP contribution in [0.3, 0.4) is 0 Å². The fraction of sp³-hybridized carbons (Fsp3) is 0.312. The van der Waals surface area contributed by atoms with Crippen molar-refractivity contribution >= 4 is 27.7 Å². The molecule has 1 atom stereocenters. The van der Waals surface area contributed by atoms with E-state index in [1.165, 1.54) is 38.5 Å². The molecule has 0 aliphatic carbocycles. The number of hydrogen-bond acceptors (Lipinski definition) is 8. The van der Waals surface area contributed by atoms with Crippen molar-refractivity contribution < 1.29 is 37.0 Å². The third-order valence-electron chi connectivity index (χ3n) is 3.41. The summed E-state index contributed by atoms with van der Waals surface area (Å²) in [4.78, 5) is 35.3. The summed E-state index contributed by atoms with van der Waals surface area (Å²) < 4.78 is 37.0. The number of ether oxygens (including phenoxy) is 3. The molecule has 9 heteroatoms. The average molecular weight is 368 g/mol. The van der Waals surface area contributed by atoms with Crippen LogP contribution in [0, 0.1) is 5.92 Å². The van der Waals surface area contributed by atoms with Gasteiger partial charge in [0, 0.05) is 11.3 Å². The van der Waals surface area contributed by atoms with E-state index in [0.29, 0.717) is 0 Å². The van der Waals surface area contributed by atoms with Gasteiger partial charge in [0.05, 0.1) is 37.5 Å². The van der Waals surface area contributed by atoms with E-state index in [9.17, 15) is 22.8 Å². The number of carbonyl (C=O) groups is 3. The third-order valence-corrected chi connectivity index (χ3v) is 4.88. The lowest BCUT2D eigenvalue weighted by Crippen LogP contribution is -2.16. The Morgan fingerprint density at radius 1 is 1.04 bits per heavy atom. The molecule has 1 aromatic rings. The molecular weight excluding hydrogens is 352 g/mol. The van der Waals surface area contributed by atoms with E-state index >= 15 is 0 Å². The summed E-state index contributed by atoms with van der Waals surface area (Å²) in [6.45, 7) is 0. The summed E-state index contributed by atoms with van der Waals surface area (Å²) in [5.41, 5.74) is 0.0214. The molecule has 0 bridgehead atoms. The molecular formula is C16H16O8S. The van der Waals surface area contributed by atoms with Gasteiger partial charge in [-0.1, -0.05) is 6.08 Å². The first kappa shape index (κ1) is 18.7. The largest absolute Gasteiger partial charge is 0.465 e. The number of allylic oxidation sites excluding steroid dienone is 1. The summed E-state index contributed by atoms with van der Waals surface area (Å²) in [5.74, 6) is -2.79. The van der Waals surface area contributed by atoms with Crippen molar-refractivity contribution in [3.05, 3.63) is 40.8 Å². The first-order valence-corrected chi connectivity index (χ1v) is 8.89. The Kier molecular flexibility index (Phi) is 5.58. The first-order chi connectivity index (χ1) is 11.7. The first-order valence-electron chi connectivity index (χ1n) is 7.17. The van der Waals surface area contributed by atoms with Gasteiger partial charge in [0.1, 0.15) is 5.75 Å². The third kappa shape index (κ3) is 4.90. The molecule has 0 unspecified atom stereocenters. The van der Waals surface area contributed by atoms with Crippen LogP contribution in [0.4, 0.5) is 0 Å². The standard InChI is InChI=1S/C16H16O8S/c1-22-15(18)11-6-12(16(19)23-2)8-13(7-11)24-14(17)5-10-3-4-25(20,21)9-10/h3-4,6-8,10H,5,9H2,1-2H3/t10-/m0/s1. The number of methoxy groups -OCH3 is 2. The van der Waals surface area contributed by atoms with E-state index < -0.39 is 33.7 Å². The zero-order chi connectivity index (χ0) is 18.6. The number of rotatable bonds is 5. The summed E-state index contributed by atoms with van der Waals surface area (Å²) in [5, 5.41) is 1.07. The monoisotopic (exact) mass is 368 g/mol. The van der Waals surface area contributed by atoms with Crippen molar-refractivity contribution in [2.75, 3.05) is 20.0 Å². The van der Waals surface area contributed by atoms with Crippen LogP contribution in [0.2, 0.25) is 0 Å². The summed E-state index contributed by atoms with van der Waals surface area (Å²) in [6.07, 6.45) is 1.28. The van der Waals surface area contributed by atoms with E-state index in [1.807, 2.05) is 0 Å². The Morgan fingerprint density at radius 2 is 1.60 bits per heavy atom. The maximum absolute atomic E-state index is 12.0. The molecule has 0 radical (unpaired) electrons. The molecule has 1 aliphatic rings. The lowest BCUT2D eigenvalue weighted by molar-refractivity contribution is -0.134. The average Bonchev–Trinajstić information content (AvgIpc) is 2.91. The van der Waals surface area contributed by atoms with Crippen LogP contribution in [0.1, 0.15) is 27.1 Å². The molecule has 25 heavy (non-hydrogen) atoms. The van der Waals surface area contributed by atoms with Crippen molar-refractivity contribution in [3.63, 3.8) is 0 Å². The van der Waals surface area contributed by atoms with Gasteiger partial charge < -0.3 is 14.2 Å². The normalized spacial score (nSPS) is 17.8. The minimum atomic E-state index is -3.27. The van der Waals surface area contributed by atoms with Gasteiger partial charge in [-0.3, -0.25) is 4.79 Å². The van der Waals surface area contributed by atoms with Crippen LogP contribution in [0.25, 0.3) is 0 Å². The Labute approximate surface area is 144 Å². The molecule has 1 aliphatic heterocycles. The molecule has 0 saturated heterocycles. The van der Waals surface area contributed by atoms with E-state index in [4.69, 9.17) is 4.74 Å². The predicted octanol–water partition coefficient (Wildman–Crippen LogP) is 1.11. The van der Waals surface area contributed by atoms with Crippen LogP contribution in [0.5, 0.6) is 5.75 Å². The van der Waals surface area contributed by atoms with Crippen molar-refractivity contribution in [1.82, 2.24) is 0 Å². The fourth-order valence-corrected chi connectivity index (χ4v) is 3.68. The fourth-order valence-electron chi connectivity index (χ4n) is 2.28. The summed E-state index contributed by atoms with van der Waals surface area (Å²) >= 11 is 0. The van der Waals surface area contributed by atoms with E-state index in [-0.39, 0.29) is 29.1 Å². The second-order valence-corrected chi connectivity index (χ2v) is 7.26. The zero-order valence-corrected chi connectivity index (χ0v) is 14.4. The molecule has 0 fully saturated rings. The number of carbonyl (C=O) groups excluding carboxylic acids is 3. The molecule has 0 saturated carbocycles. The molecule has 134 valence electrons. The van der Waals surface area contributed by atoms with Crippen LogP contribution in [0.15, 0.2) is 29.7 Å². The number of hydrogen-bond donors (Lipinski definition) is 0. The molecule has 0 aromatic heterocycles. The van der Waals surface area contributed by atoms with Gasteiger partial charge in [-0.15, -0.1) is 0 Å². The van der Waals surface area contributed by atoms with E-state index in [1.54, 1.807) is 0 Å². The maximum atomic E-state index is 12.0. The maximum Gasteiger partial charge on any atom is 0.338 e. The van der Waals surface area contributed by atoms with Crippen LogP contribution in [-0.2, 0) is 24.1 Å². The smallest absolute Gasteiger partial charge is 0.338 e. The van der Waals surface area contributed by atoms with Crippen molar-refractivity contribution in [1.29, 1.82) is 0 Å². The molecule has 0 N–H and O–H groups in total. The topological polar surface area (TPSA) is 113 Å². The predicted molar refractivity (Wildman–Crippen MR) is 85.8 cm³/mol. The van der Waals surface area contributed by atoms with Crippen molar-refractivity contribution in [2.45, 2.75) is 6.42 Å².